The van der Waals surface area contributed by atoms with E-state index in [0.717, 1.165) is 13.1 Å². The van der Waals surface area contributed by atoms with Gasteiger partial charge in [-0.3, -0.25) is 4.79 Å². The van der Waals surface area contributed by atoms with Crippen LogP contribution in [0.1, 0.15) is 12.8 Å². The smallest absolute Gasteiger partial charge is 0.254 e. The second-order valence-electron chi connectivity index (χ2n) is 3.49. The van der Waals surface area contributed by atoms with Crippen molar-refractivity contribution >= 4 is 5.91 Å². The Labute approximate surface area is 71.5 Å². The van der Waals surface area contributed by atoms with Gasteiger partial charge in [-0.15, -0.1) is 0 Å². The number of aliphatic hydroxyl groups is 1. The topological polar surface area (TPSA) is 54.6 Å². The second kappa shape index (κ2) is 2.71. The van der Waals surface area contributed by atoms with E-state index in [4.69, 9.17) is 0 Å². The molecular formula is C8H13N2O2. The minimum atomic E-state index is -0.989. The van der Waals surface area contributed by atoms with E-state index in [1.165, 1.54) is 0 Å². The van der Waals surface area contributed by atoms with Gasteiger partial charge in [-0.2, -0.15) is 0 Å². The molecule has 12 heavy (non-hydrogen) atoms. The highest BCUT2D eigenvalue weighted by atomic mass is 16.3. The highest BCUT2D eigenvalue weighted by Gasteiger charge is 2.50. The van der Waals surface area contributed by atoms with Crippen molar-refractivity contribution < 1.29 is 9.90 Å². The van der Waals surface area contributed by atoms with Crippen molar-refractivity contribution in [2.24, 2.45) is 0 Å². The summed E-state index contributed by atoms with van der Waals surface area (Å²) < 4.78 is 0. The van der Waals surface area contributed by atoms with Crippen LogP contribution in [0.2, 0.25) is 0 Å². The molecule has 0 aromatic rings. The molecule has 0 bridgehead atoms. The number of hydrogen-bond donors (Lipinski definition) is 1. The van der Waals surface area contributed by atoms with Crippen LogP contribution < -0.4 is 5.32 Å². The number of hydrogen-bond acceptors (Lipinski definition) is 2. The van der Waals surface area contributed by atoms with Crippen molar-refractivity contribution in [3.05, 3.63) is 0 Å². The standard InChI is InChI=1S/C8H13N2O2/c11-7(8(12)1-2-8)10-5-3-9-4-6-10/h12H,1-6H2. The first kappa shape index (κ1) is 8.01. The summed E-state index contributed by atoms with van der Waals surface area (Å²) in [6.45, 7) is 2.81. The fourth-order valence-corrected chi connectivity index (χ4v) is 1.44. The zero-order valence-electron chi connectivity index (χ0n) is 6.99. The van der Waals surface area contributed by atoms with Gasteiger partial charge in [0.2, 0.25) is 0 Å². The van der Waals surface area contributed by atoms with Gasteiger partial charge in [-0.25, -0.2) is 5.32 Å². The average molecular weight is 169 g/mol. The maximum atomic E-state index is 11.5. The fraction of sp³-hybridized carbons (Fsp3) is 0.875. The number of carbonyl (C=O) groups is 1. The Hall–Kier alpha value is -0.610. The quantitative estimate of drug-likeness (QED) is 0.545. The molecule has 0 atom stereocenters. The summed E-state index contributed by atoms with van der Waals surface area (Å²) in [6, 6.07) is 0. The number of rotatable bonds is 1. The predicted octanol–water partition coefficient (Wildman–Crippen LogP) is -1.04. The maximum absolute atomic E-state index is 11.5. The van der Waals surface area contributed by atoms with Crippen molar-refractivity contribution in [2.75, 3.05) is 26.2 Å². The zero-order valence-corrected chi connectivity index (χ0v) is 6.99. The first-order chi connectivity index (χ1) is 5.72. The molecule has 1 radical (unpaired) electrons. The molecule has 1 saturated carbocycles. The minimum absolute atomic E-state index is 0.0857. The summed E-state index contributed by atoms with van der Waals surface area (Å²) in [4.78, 5) is 13.2. The van der Waals surface area contributed by atoms with Crippen molar-refractivity contribution in [3.8, 4) is 0 Å². The normalized spacial score (nSPS) is 26.9. The molecule has 1 heterocycles. The maximum Gasteiger partial charge on any atom is 0.254 e. The van der Waals surface area contributed by atoms with Gasteiger partial charge in [0, 0.05) is 26.2 Å². The van der Waals surface area contributed by atoms with E-state index in [2.05, 4.69) is 5.32 Å². The van der Waals surface area contributed by atoms with E-state index in [-0.39, 0.29) is 5.91 Å². The summed E-state index contributed by atoms with van der Waals surface area (Å²) in [5.41, 5.74) is -0.989. The van der Waals surface area contributed by atoms with Crippen LogP contribution in [0.25, 0.3) is 0 Å². The highest BCUT2D eigenvalue weighted by molar-refractivity contribution is 5.87. The van der Waals surface area contributed by atoms with Gasteiger partial charge in [-0.05, 0) is 12.8 Å². The number of piperazine rings is 1. The molecule has 1 aliphatic heterocycles. The zero-order chi connectivity index (χ0) is 8.60. The van der Waals surface area contributed by atoms with Crippen molar-refractivity contribution in [1.29, 1.82) is 0 Å². The molecule has 1 amide bonds. The molecule has 2 rings (SSSR count). The molecule has 1 saturated heterocycles. The van der Waals surface area contributed by atoms with E-state index < -0.39 is 5.60 Å². The van der Waals surface area contributed by atoms with Crippen LogP contribution in [-0.2, 0) is 4.79 Å². The van der Waals surface area contributed by atoms with Crippen LogP contribution in [0.15, 0.2) is 0 Å². The number of carbonyl (C=O) groups excluding carboxylic acids is 1. The lowest BCUT2D eigenvalue weighted by atomic mass is 10.2. The predicted molar refractivity (Wildman–Crippen MR) is 42.6 cm³/mol. The van der Waals surface area contributed by atoms with Crippen LogP contribution in [0.4, 0.5) is 0 Å². The Morgan fingerprint density at radius 3 is 2.42 bits per heavy atom. The lowest BCUT2D eigenvalue weighted by Crippen LogP contribution is -2.48. The van der Waals surface area contributed by atoms with Crippen LogP contribution in [0.3, 0.4) is 0 Å². The van der Waals surface area contributed by atoms with Crippen LogP contribution in [-0.4, -0.2) is 47.7 Å². The van der Waals surface area contributed by atoms with E-state index in [0.29, 0.717) is 25.9 Å². The third kappa shape index (κ3) is 1.32. The number of amides is 1. The second-order valence-corrected chi connectivity index (χ2v) is 3.49. The summed E-state index contributed by atoms with van der Waals surface area (Å²) in [7, 11) is 0. The average Bonchev–Trinajstić information content (AvgIpc) is 2.85. The first-order valence-corrected chi connectivity index (χ1v) is 4.37. The molecule has 4 nitrogen and oxygen atoms in total. The van der Waals surface area contributed by atoms with Crippen molar-refractivity contribution in [3.63, 3.8) is 0 Å². The summed E-state index contributed by atoms with van der Waals surface area (Å²) in [6.07, 6.45) is 1.28. The fourth-order valence-electron chi connectivity index (χ4n) is 1.44. The molecular weight excluding hydrogens is 156 g/mol. The largest absolute Gasteiger partial charge is 0.380 e. The lowest BCUT2D eigenvalue weighted by molar-refractivity contribution is -0.143. The third-order valence-electron chi connectivity index (χ3n) is 2.46. The molecule has 0 aromatic carbocycles. The molecule has 0 unspecified atom stereocenters. The van der Waals surface area contributed by atoms with Crippen molar-refractivity contribution in [2.45, 2.75) is 18.4 Å². The van der Waals surface area contributed by atoms with Crippen LogP contribution >= 0.6 is 0 Å². The van der Waals surface area contributed by atoms with Crippen LogP contribution in [0, 0.1) is 0 Å². The SMILES string of the molecule is O=C(N1CC[N]CC1)C1(O)CC1. The van der Waals surface area contributed by atoms with E-state index in [1.807, 2.05) is 0 Å². The number of nitrogens with zero attached hydrogens (tertiary/aromatic N) is 2. The minimum Gasteiger partial charge on any atom is -0.380 e. The third-order valence-corrected chi connectivity index (χ3v) is 2.46. The van der Waals surface area contributed by atoms with Crippen molar-refractivity contribution in [1.82, 2.24) is 10.2 Å². The molecule has 2 fully saturated rings. The lowest BCUT2D eigenvalue weighted by Gasteiger charge is -2.28. The molecule has 0 spiro atoms. The summed E-state index contributed by atoms with van der Waals surface area (Å²) in [5.74, 6) is -0.0857. The highest BCUT2D eigenvalue weighted by Crippen LogP contribution is 2.36. The van der Waals surface area contributed by atoms with E-state index >= 15 is 0 Å². The molecule has 67 valence electrons. The van der Waals surface area contributed by atoms with Gasteiger partial charge in [0.05, 0.1) is 0 Å². The molecule has 2 aliphatic rings. The monoisotopic (exact) mass is 169 g/mol. The summed E-state index contributed by atoms with van der Waals surface area (Å²) in [5, 5.41) is 13.7. The molecule has 1 aliphatic carbocycles. The van der Waals surface area contributed by atoms with Gasteiger partial charge in [0.1, 0.15) is 5.60 Å². The molecule has 4 heteroatoms. The molecule has 0 aromatic heterocycles. The first-order valence-electron chi connectivity index (χ1n) is 4.37. The Morgan fingerprint density at radius 1 is 1.33 bits per heavy atom. The van der Waals surface area contributed by atoms with Gasteiger partial charge in [-0.1, -0.05) is 0 Å². The Morgan fingerprint density at radius 2 is 1.92 bits per heavy atom. The Bertz CT molecular complexity index is 195. The van der Waals surface area contributed by atoms with E-state index in [1.54, 1.807) is 4.90 Å². The Balaban J connectivity index is 1.94. The molecule has 1 N–H and O–H groups in total. The summed E-state index contributed by atoms with van der Waals surface area (Å²) >= 11 is 0. The van der Waals surface area contributed by atoms with Gasteiger partial charge >= 0.3 is 0 Å². The van der Waals surface area contributed by atoms with Gasteiger partial charge in [0.25, 0.3) is 5.91 Å². The van der Waals surface area contributed by atoms with Gasteiger partial charge < -0.3 is 10.0 Å². The van der Waals surface area contributed by atoms with E-state index in [9.17, 15) is 9.90 Å². The van der Waals surface area contributed by atoms with Gasteiger partial charge in [0.15, 0.2) is 0 Å². The van der Waals surface area contributed by atoms with Crippen LogP contribution in [0.5, 0.6) is 0 Å². The Kier molecular flexibility index (Phi) is 1.81.